The lowest BCUT2D eigenvalue weighted by molar-refractivity contribution is -0.141. The van der Waals surface area contributed by atoms with E-state index in [1.165, 1.54) is 0 Å². The van der Waals surface area contributed by atoms with Gasteiger partial charge in [-0.05, 0) is 25.7 Å². The summed E-state index contributed by atoms with van der Waals surface area (Å²) in [5, 5.41) is 3.35. The molecule has 0 aromatic heterocycles. The van der Waals surface area contributed by atoms with Crippen molar-refractivity contribution in [1.82, 2.24) is 10.2 Å². The third-order valence-corrected chi connectivity index (χ3v) is 4.83. The van der Waals surface area contributed by atoms with E-state index >= 15 is 0 Å². The van der Waals surface area contributed by atoms with Crippen LogP contribution in [-0.4, -0.2) is 34.8 Å². The Kier molecular flexibility index (Phi) is 4.61. The summed E-state index contributed by atoms with van der Waals surface area (Å²) in [5.41, 5.74) is 0. The molecule has 1 heterocycles. The molecular formula is C15H26N2O2. The molecular weight excluding hydrogens is 240 g/mol. The topological polar surface area (TPSA) is 49.4 Å². The summed E-state index contributed by atoms with van der Waals surface area (Å²) >= 11 is 0. The lowest BCUT2D eigenvalue weighted by Gasteiger charge is -2.25. The molecule has 108 valence electrons. The predicted octanol–water partition coefficient (Wildman–Crippen LogP) is 2.08. The van der Waals surface area contributed by atoms with Gasteiger partial charge in [-0.15, -0.1) is 0 Å². The summed E-state index contributed by atoms with van der Waals surface area (Å²) in [7, 11) is 0. The van der Waals surface area contributed by atoms with Gasteiger partial charge in [0.2, 0.25) is 11.8 Å². The van der Waals surface area contributed by atoms with Crippen molar-refractivity contribution in [3.8, 4) is 0 Å². The maximum atomic E-state index is 12.4. The fourth-order valence-electron chi connectivity index (χ4n) is 3.16. The molecule has 3 unspecified atom stereocenters. The van der Waals surface area contributed by atoms with E-state index in [2.05, 4.69) is 26.1 Å². The van der Waals surface area contributed by atoms with E-state index in [4.69, 9.17) is 0 Å². The number of carbonyl (C=O) groups excluding carboxylic acids is 2. The van der Waals surface area contributed by atoms with E-state index in [1.54, 1.807) is 4.90 Å². The average molecular weight is 266 g/mol. The van der Waals surface area contributed by atoms with Crippen molar-refractivity contribution in [1.29, 1.82) is 0 Å². The highest BCUT2D eigenvalue weighted by molar-refractivity contribution is 6.05. The van der Waals surface area contributed by atoms with Gasteiger partial charge in [-0.3, -0.25) is 14.5 Å². The third kappa shape index (κ3) is 2.99. The molecule has 2 amide bonds. The molecule has 1 saturated heterocycles. The Bertz CT molecular complexity index is 350. The first kappa shape index (κ1) is 14.5. The first-order valence-corrected chi connectivity index (χ1v) is 7.66. The van der Waals surface area contributed by atoms with Crippen LogP contribution in [0.15, 0.2) is 0 Å². The van der Waals surface area contributed by atoms with Crippen LogP contribution >= 0.6 is 0 Å². The molecule has 3 atom stereocenters. The standard InChI is InChI=1S/C15H26N2O2/c1-4-10(2)11(3)16-13-9-14(18)17(15(13)19)12-7-5-6-8-12/h10-13,16H,4-9H2,1-3H3. The third-order valence-electron chi connectivity index (χ3n) is 4.83. The van der Waals surface area contributed by atoms with Crippen molar-refractivity contribution in [2.75, 3.05) is 0 Å². The molecule has 0 aromatic carbocycles. The van der Waals surface area contributed by atoms with Gasteiger partial charge in [0.15, 0.2) is 0 Å². The molecule has 0 aromatic rings. The van der Waals surface area contributed by atoms with Crippen molar-refractivity contribution >= 4 is 11.8 Å². The van der Waals surface area contributed by atoms with E-state index in [9.17, 15) is 9.59 Å². The number of amides is 2. The number of hydrogen-bond donors (Lipinski definition) is 1. The molecule has 4 nitrogen and oxygen atoms in total. The molecule has 2 fully saturated rings. The van der Waals surface area contributed by atoms with Gasteiger partial charge in [0.1, 0.15) is 0 Å². The lowest BCUT2D eigenvalue weighted by Crippen LogP contribution is -2.46. The van der Waals surface area contributed by atoms with Crippen LogP contribution in [0.4, 0.5) is 0 Å². The highest BCUT2D eigenvalue weighted by Crippen LogP contribution is 2.28. The van der Waals surface area contributed by atoms with Crippen LogP contribution < -0.4 is 5.32 Å². The zero-order valence-corrected chi connectivity index (χ0v) is 12.3. The van der Waals surface area contributed by atoms with Crippen LogP contribution in [0, 0.1) is 5.92 Å². The molecule has 0 spiro atoms. The maximum Gasteiger partial charge on any atom is 0.247 e. The van der Waals surface area contributed by atoms with Crippen LogP contribution in [0.2, 0.25) is 0 Å². The first-order chi connectivity index (χ1) is 9.04. The van der Waals surface area contributed by atoms with Crippen LogP contribution in [0.25, 0.3) is 0 Å². The van der Waals surface area contributed by atoms with E-state index < -0.39 is 0 Å². The summed E-state index contributed by atoms with van der Waals surface area (Å²) < 4.78 is 0. The Morgan fingerprint density at radius 3 is 2.47 bits per heavy atom. The molecule has 4 heteroatoms. The second-order valence-electron chi connectivity index (χ2n) is 6.14. The number of hydrogen-bond acceptors (Lipinski definition) is 3. The minimum Gasteiger partial charge on any atom is -0.303 e. The number of nitrogens with zero attached hydrogens (tertiary/aromatic N) is 1. The summed E-state index contributed by atoms with van der Waals surface area (Å²) in [6, 6.07) is 0.151. The smallest absolute Gasteiger partial charge is 0.247 e. The van der Waals surface area contributed by atoms with Gasteiger partial charge in [-0.2, -0.15) is 0 Å². The summed E-state index contributed by atoms with van der Waals surface area (Å²) in [6.45, 7) is 6.42. The second kappa shape index (κ2) is 6.04. The Hall–Kier alpha value is -0.900. The summed E-state index contributed by atoms with van der Waals surface area (Å²) in [4.78, 5) is 26.0. The van der Waals surface area contributed by atoms with E-state index in [1.807, 2.05) is 0 Å². The number of carbonyl (C=O) groups is 2. The Morgan fingerprint density at radius 1 is 1.26 bits per heavy atom. The summed E-state index contributed by atoms with van der Waals surface area (Å²) in [6.07, 6.45) is 5.69. The molecule has 0 bridgehead atoms. The molecule has 0 radical (unpaired) electrons. The minimum atomic E-state index is -0.294. The monoisotopic (exact) mass is 266 g/mol. The molecule has 1 N–H and O–H groups in total. The molecule has 1 saturated carbocycles. The maximum absolute atomic E-state index is 12.4. The van der Waals surface area contributed by atoms with Crippen molar-refractivity contribution in [3.63, 3.8) is 0 Å². The zero-order chi connectivity index (χ0) is 14.0. The number of likely N-dealkylation sites (tertiary alicyclic amines) is 1. The van der Waals surface area contributed by atoms with Gasteiger partial charge in [-0.25, -0.2) is 0 Å². The molecule has 19 heavy (non-hydrogen) atoms. The fraction of sp³-hybridized carbons (Fsp3) is 0.867. The van der Waals surface area contributed by atoms with E-state index in [0.717, 1.165) is 32.1 Å². The fourth-order valence-corrected chi connectivity index (χ4v) is 3.16. The van der Waals surface area contributed by atoms with E-state index in [-0.39, 0.29) is 29.9 Å². The van der Waals surface area contributed by atoms with Crippen LogP contribution in [0.3, 0.4) is 0 Å². The second-order valence-corrected chi connectivity index (χ2v) is 6.14. The Balaban J connectivity index is 1.97. The van der Waals surface area contributed by atoms with E-state index in [0.29, 0.717) is 12.3 Å². The molecule has 2 aliphatic rings. The minimum absolute atomic E-state index is 0.00653. The Labute approximate surface area is 115 Å². The molecule has 1 aliphatic carbocycles. The lowest BCUT2D eigenvalue weighted by atomic mass is 10.00. The highest BCUT2D eigenvalue weighted by Gasteiger charge is 2.43. The number of imide groups is 1. The predicted molar refractivity (Wildman–Crippen MR) is 74.6 cm³/mol. The Morgan fingerprint density at radius 2 is 1.89 bits per heavy atom. The van der Waals surface area contributed by atoms with Gasteiger partial charge in [0, 0.05) is 12.1 Å². The quantitative estimate of drug-likeness (QED) is 0.775. The van der Waals surface area contributed by atoms with Crippen molar-refractivity contribution < 1.29 is 9.59 Å². The average Bonchev–Trinajstić information content (AvgIpc) is 2.98. The molecule has 2 rings (SSSR count). The van der Waals surface area contributed by atoms with Crippen molar-refractivity contribution in [2.45, 2.75) is 77.4 Å². The van der Waals surface area contributed by atoms with Gasteiger partial charge in [-0.1, -0.05) is 33.1 Å². The molecule has 1 aliphatic heterocycles. The highest BCUT2D eigenvalue weighted by atomic mass is 16.2. The van der Waals surface area contributed by atoms with Crippen molar-refractivity contribution in [3.05, 3.63) is 0 Å². The van der Waals surface area contributed by atoms with Gasteiger partial charge < -0.3 is 5.32 Å². The van der Waals surface area contributed by atoms with Gasteiger partial charge in [0.25, 0.3) is 0 Å². The normalized spacial score (nSPS) is 28.2. The van der Waals surface area contributed by atoms with Gasteiger partial charge >= 0.3 is 0 Å². The van der Waals surface area contributed by atoms with Crippen molar-refractivity contribution in [2.24, 2.45) is 5.92 Å². The van der Waals surface area contributed by atoms with Crippen LogP contribution in [0.1, 0.15) is 59.3 Å². The largest absolute Gasteiger partial charge is 0.303 e. The van der Waals surface area contributed by atoms with Gasteiger partial charge in [0.05, 0.1) is 12.5 Å². The summed E-state index contributed by atoms with van der Waals surface area (Å²) in [5.74, 6) is 0.543. The number of nitrogens with one attached hydrogen (secondary N) is 1. The zero-order valence-electron chi connectivity index (χ0n) is 12.3. The SMILES string of the molecule is CCC(C)C(C)NC1CC(=O)N(C2CCCC2)C1=O. The van der Waals surface area contributed by atoms with Crippen LogP contribution in [-0.2, 0) is 9.59 Å². The van der Waals surface area contributed by atoms with Crippen LogP contribution in [0.5, 0.6) is 0 Å². The first-order valence-electron chi connectivity index (χ1n) is 7.66. The number of rotatable bonds is 5.